The fourth-order valence-corrected chi connectivity index (χ4v) is 4.82. The highest BCUT2D eigenvalue weighted by Crippen LogP contribution is 2.44. The molecule has 2 atom stereocenters. The normalized spacial score (nSPS) is 20.1. The Balaban J connectivity index is 1.28. The molecule has 8 heteroatoms. The quantitative estimate of drug-likeness (QED) is 0.595. The van der Waals surface area contributed by atoms with Crippen LogP contribution in [0.25, 0.3) is 11.1 Å². The van der Waals surface area contributed by atoms with E-state index >= 15 is 0 Å². The predicted molar refractivity (Wildman–Crippen MR) is 121 cm³/mol. The molecule has 1 heterocycles. The molecular formula is C25H28N2O6. The van der Waals surface area contributed by atoms with Gasteiger partial charge in [-0.25, -0.2) is 9.59 Å². The summed E-state index contributed by atoms with van der Waals surface area (Å²) in [6, 6.07) is 16.0. The molecule has 33 heavy (non-hydrogen) atoms. The maximum atomic E-state index is 12.5. The van der Waals surface area contributed by atoms with Crippen molar-refractivity contribution in [3.05, 3.63) is 59.7 Å². The van der Waals surface area contributed by atoms with Crippen LogP contribution in [-0.4, -0.2) is 64.4 Å². The first-order valence-corrected chi connectivity index (χ1v) is 11.1. The highest BCUT2D eigenvalue weighted by Gasteiger charge is 2.45. The fraction of sp³-hybridized carbons (Fsp3) is 0.400. The zero-order valence-electron chi connectivity index (χ0n) is 18.5. The van der Waals surface area contributed by atoms with E-state index in [0.717, 1.165) is 22.3 Å². The van der Waals surface area contributed by atoms with Crippen molar-refractivity contribution in [3.63, 3.8) is 0 Å². The van der Waals surface area contributed by atoms with Crippen LogP contribution in [0, 0.1) is 0 Å². The van der Waals surface area contributed by atoms with Gasteiger partial charge in [-0.15, -0.1) is 0 Å². The van der Waals surface area contributed by atoms with Gasteiger partial charge >= 0.3 is 12.1 Å². The second-order valence-corrected chi connectivity index (χ2v) is 8.79. The van der Waals surface area contributed by atoms with Gasteiger partial charge in [0.05, 0.1) is 12.5 Å². The van der Waals surface area contributed by atoms with E-state index in [-0.39, 0.29) is 25.5 Å². The molecule has 1 unspecified atom stereocenters. The van der Waals surface area contributed by atoms with E-state index in [2.05, 4.69) is 17.4 Å². The summed E-state index contributed by atoms with van der Waals surface area (Å²) in [6.45, 7) is 1.84. The van der Waals surface area contributed by atoms with Crippen LogP contribution in [0.2, 0.25) is 0 Å². The number of fused-ring (bicyclic) bond motifs is 3. The van der Waals surface area contributed by atoms with E-state index in [1.807, 2.05) is 36.4 Å². The van der Waals surface area contributed by atoms with Crippen LogP contribution >= 0.6 is 0 Å². The molecule has 1 saturated heterocycles. The minimum atomic E-state index is -1.25. The third kappa shape index (κ3) is 4.43. The van der Waals surface area contributed by atoms with Crippen LogP contribution in [0.15, 0.2) is 48.5 Å². The molecule has 0 saturated carbocycles. The van der Waals surface area contributed by atoms with Crippen LogP contribution in [0.4, 0.5) is 4.79 Å². The molecule has 3 N–H and O–H groups in total. The zero-order valence-corrected chi connectivity index (χ0v) is 18.5. The molecular weight excluding hydrogens is 424 g/mol. The second kappa shape index (κ2) is 9.23. The van der Waals surface area contributed by atoms with Gasteiger partial charge in [0, 0.05) is 19.0 Å². The Morgan fingerprint density at radius 3 is 2.33 bits per heavy atom. The van der Waals surface area contributed by atoms with Crippen molar-refractivity contribution >= 4 is 18.0 Å². The number of alkyl carbamates (subject to hydrolysis) is 1. The van der Waals surface area contributed by atoms with E-state index in [9.17, 15) is 24.6 Å². The molecule has 2 aliphatic rings. The summed E-state index contributed by atoms with van der Waals surface area (Å²) in [4.78, 5) is 37.6. The Kier molecular flexibility index (Phi) is 6.37. The average Bonchev–Trinajstić information content (AvgIpc) is 3.35. The number of nitrogens with one attached hydrogen (secondary N) is 1. The first-order chi connectivity index (χ1) is 15.8. The van der Waals surface area contributed by atoms with Gasteiger partial charge in [-0.1, -0.05) is 48.5 Å². The van der Waals surface area contributed by atoms with E-state index < -0.39 is 29.6 Å². The number of amides is 2. The number of aliphatic carboxylic acids is 1. The Morgan fingerprint density at radius 2 is 1.73 bits per heavy atom. The minimum Gasteiger partial charge on any atom is -0.480 e. The van der Waals surface area contributed by atoms with Crippen LogP contribution in [0.3, 0.4) is 0 Å². The van der Waals surface area contributed by atoms with Crippen molar-refractivity contribution < 1.29 is 29.3 Å². The number of aliphatic hydroxyl groups is 1. The molecule has 2 amide bonds. The van der Waals surface area contributed by atoms with Gasteiger partial charge in [0.2, 0.25) is 5.91 Å². The maximum absolute atomic E-state index is 12.5. The molecule has 8 nitrogen and oxygen atoms in total. The zero-order chi connectivity index (χ0) is 23.6. The summed E-state index contributed by atoms with van der Waals surface area (Å²) in [6.07, 6.45) is -1.12. The molecule has 2 aromatic rings. The molecule has 2 aromatic carbocycles. The van der Waals surface area contributed by atoms with Crippen molar-refractivity contribution in [2.45, 2.75) is 43.7 Å². The lowest BCUT2D eigenvalue weighted by Gasteiger charge is -2.31. The first kappa shape index (κ1) is 22.8. The molecule has 0 spiro atoms. The summed E-state index contributed by atoms with van der Waals surface area (Å²) in [5.74, 6) is -1.57. The smallest absolute Gasteiger partial charge is 0.407 e. The lowest BCUT2D eigenvalue weighted by atomic mass is 9.98. The highest BCUT2D eigenvalue weighted by molar-refractivity contribution is 5.87. The number of hydrogen-bond donors (Lipinski definition) is 3. The minimum absolute atomic E-state index is 0.0708. The van der Waals surface area contributed by atoms with Crippen molar-refractivity contribution in [2.24, 2.45) is 0 Å². The number of carbonyl (C=O) groups excluding carboxylic acids is 2. The van der Waals surface area contributed by atoms with Gasteiger partial charge in [0.1, 0.15) is 12.1 Å². The van der Waals surface area contributed by atoms with Crippen LogP contribution < -0.4 is 5.32 Å². The van der Waals surface area contributed by atoms with Crippen LogP contribution in [0.5, 0.6) is 0 Å². The third-order valence-corrected chi connectivity index (χ3v) is 6.64. The van der Waals surface area contributed by atoms with Crippen LogP contribution in [-0.2, 0) is 14.3 Å². The van der Waals surface area contributed by atoms with Crippen molar-refractivity contribution in [3.8, 4) is 11.1 Å². The summed E-state index contributed by atoms with van der Waals surface area (Å²) < 4.78 is 5.43. The molecule has 0 bridgehead atoms. The Labute approximate surface area is 192 Å². The van der Waals surface area contributed by atoms with Gasteiger partial charge in [0.15, 0.2) is 0 Å². The highest BCUT2D eigenvalue weighted by atomic mass is 16.5. The lowest BCUT2D eigenvalue weighted by Crippen LogP contribution is -2.51. The number of benzene rings is 2. The number of carbonyl (C=O) groups is 3. The van der Waals surface area contributed by atoms with Crippen molar-refractivity contribution in [2.75, 3.05) is 19.7 Å². The third-order valence-electron chi connectivity index (χ3n) is 6.64. The van der Waals surface area contributed by atoms with Gasteiger partial charge in [-0.3, -0.25) is 4.79 Å². The number of carboxylic acids is 1. The summed E-state index contributed by atoms with van der Waals surface area (Å²) >= 11 is 0. The molecule has 1 fully saturated rings. The van der Waals surface area contributed by atoms with Gasteiger partial charge in [0.25, 0.3) is 0 Å². The largest absolute Gasteiger partial charge is 0.480 e. The van der Waals surface area contributed by atoms with E-state index in [4.69, 9.17) is 4.74 Å². The van der Waals surface area contributed by atoms with Gasteiger partial charge in [-0.2, -0.15) is 0 Å². The van der Waals surface area contributed by atoms with E-state index in [0.29, 0.717) is 19.4 Å². The molecule has 174 valence electrons. The van der Waals surface area contributed by atoms with Gasteiger partial charge < -0.3 is 25.2 Å². The Hall–Kier alpha value is -3.39. The number of rotatable bonds is 7. The standard InChI is InChI=1S/C25H28N2O6/c1-25(23(30)31)11-6-12-27(25)22(29)13-16(28)14-26-24(32)33-15-21-19-9-4-2-7-17(19)18-8-3-5-10-20(18)21/h2-5,7-10,16,21,28H,6,11-15H2,1H3,(H,26,32)(H,30,31)/t16?,25-/m1/s1. The number of ether oxygens (including phenoxy) is 1. The predicted octanol–water partition coefficient (Wildman–Crippen LogP) is 2.74. The van der Waals surface area contributed by atoms with E-state index in [1.54, 1.807) is 0 Å². The van der Waals surface area contributed by atoms with E-state index in [1.165, 1.54) is 11.8 Å². The molecule has 1 aliphatic heterocycles. The van der Waals surface area contributed by atoms with Gasteiger partial charge in [-0.05, 0) is 42.0 Å². The monoisotopic (exact) mass is 452 g/mol. The molecule has 0 aromatic heterocycles. The number of nitrogens with zero attached hydrogens (tertiary/aromatic N) is 1. The summed E-state index contributed by atoms with van der Waals surface area (Å²) in [5, 5.41) is 22.2. The number of carboxylic acid groups (broad SMARTS) is 1. The second-order valence-electron chi connectivity index (χ2n) is 8.79. The molecule has 1 aliphatic carbocycles. The fourth-order valence-electron chi connectivity index (χ4n) is 4.82. The Morgan fingerprint density at radius 1 is 1.12 bits per heavy atom. The average molecular weight is 453 g/mol. The summed E-state index contributed by atoms with van der Waals surface area (Å²) in [5.41, 5.74) is 3.21. The Bertz CT molecular complexity index is 1020. The maximum Gasteiger partial charge on any atom is 0.407 e. The first-order valence-electron chi connectivity index (χ1n) is 11.1. The van der Waals surface area contributed by atoms with Crippen LogP contribution in [0.1, 0.15) is 43.2 Å². The number of likely N-dealkylation sites (tertiary alicyclic amines) is 1. The number of hydrogen-bond acceptors (Lipinski definition) is 5. The topological polar surface area (TPSA) is 116 Å². The van der Waals surface area contributed by atoms with Crippen molar-refractivity contribution in [1.29, 1.82) is 0 Å². The molecule has 4 rings (SSSR count). The number of aliphatic hydroxyl groups excluding tert-OH is 1. The molecule has 0 radical (unpaired) electrons. The SMILES string of the molecule is C[C@]1(C(=O)O)CCCN1C(=O)CC(O)CNC(=O)OCC1c2ccccc2-c2ccccc21. The summed E-state index contributed by atoms with van der Waals surface area (Å²) in [7, 11) is 0. The lowest BCUT2D eigenvalue weighted by molar-refractivity contribution is -0.156. The van der Waals surface area contributed by atoms with Crippen molar-refractivity contribution in [1.82, 2.24) is 10.2 Å².